The molecule has 2 aromatic heterocycles. The molecule has 0 bridgehead atoms. The third-order valence-corrected chi connectivity index (χ3v) is 6.19. The fourth-order valence-corrected chi connectivity index (χ4v) is 4.41. The van der Waals surface area contributed by atoms with Crippen LogP contribution >= 0.6 is 0 Å². The number of carbonyl (C=O) groups is 1. The summed E-state index contributed by atoms with van der Waals surface area (Å²) in [5.41, 5.74) is 0.541. The molecular formula is C21H33N7O. The van der Waals surface area contributed by atoms with E-state index in [1.807, 2.05) is 23.1 Å². The number of carbonyl (C=O) groups excluding carboxylic acids is 1. The van der Waals surface area contributed by atoms with E-state index < -0.39 is 0 Å². The van der Waals surface area contributed by atoms with Crippen molar-refractivity contribution in [2.45, 2.75) is 58.3 Å². The van der Waals surface area contributed by atoms with Crippen molar-refractivity contribution in [2.24, 2.45) is 0 Å². The van der Waals surface area contributed by atoms with E-state index >= 15 is 0 Å². The van der Waals surface area contributed by atoms with Gasteiger partial charge in [0.05, 0.1) is 0 Å². The van der Waals surface area contributed by atoms with Crippen LogP contribution in [0.25, 0.3) is 0 Å². The van der Waals surface area contributed by atoms with Gasteiger partial charge in [-0.15, -0.1) is 0 Å². The van der Waals surface area contributed by atoms with Crippen LogP contribution in [0.3, 0.4) is 0 Å². The predicted molar refractivity (Wildman–Crippen MR) is 112 cm³/mol. The topological polar surface area (TPSA) is 71.2 Å². The Hall–Kier alpha value is -2.19. The number of likely N-dealkylation sites (tertiary alicyclic amines) is 1. The highest BCUT2D eigenvalue weighted by Gasteiger charge is 2.30. The highest BCUT2D eigenvalue weighted by atomic mass is 16.1. The number of rotatable bonds is 7. The minimum atomic E-state index is -0.0775. The lowest BCUT2D eigenvalue weighted by Gasteiger charge is -2.28. The molecule has 158 valence electrons. The first-order chi connectivity index (χ1) is 14.1. The number of fused-ring (bicyclic) bond motifs is 1. The van der Waals surface area contributed by atoms with Crippen molar-refractivity contribution in [1.29, 1.82) is 0 Å². The Morgan fingerprint density at radius 3 is 2.93 bits per heavy atom. The molecule has 2 aliphatic heterocycles. The Kier molecular flexibility index (Phi) is 6.30. The van der Waals surface area contributed by atoms with Crippen molar-refractivity contribution in [3.05, 3.63) is 36.2 Å². The number of nitrogens with zero attached hydrogens (tertiary/aromatic N) is 6. The lowest BCUT2D eigenvalue weighted by atomic mass is 10.2. The molecular weight excluding hydrogens is 366 g/mol. The van der Waals surface area contributed by atoms with Crippen LogP contribution in [-0.4, -0.2) is 79.8 Å². The lowest BCUT2D eigenvalue weighted by molar-refractivity contribution is 0.0947. The fraction of sp³-hybridized carbons (Fsp3) is 0.667. The van der Waals surface area contributed by atoms with Crippen molar-refractivity contribution in [1.82, 2.24) is 34.4 Å². The van der Waals surface area contributed by atoms with Crippen LogP contribution in [0.15, 0.2) is 24.7 Å². The third kappa shape index (κ3) is 4.87. The second-order valence-corrected chi connectivity index (χ2v) is 8.43. The summed E-state index contributed by atoms with van der Waals surface area (Å²) >= 11 is 0. The van der Waals surface area contributed by atoms with E-state index in [0.29, 0.717) is 24.3 Å². The molecule has 1 saturated heterocycles. The van der Waals surface area contributed by atoms with E-state index in [2.05, 4.69) is 43.6 Å². The molecule has 0 saturated carbocycles. The molecule has 2 aromatic rings. The van der Waals surface area contributed by atoms with Gasteiger partial charge in [-0.3, -0.25) is 19.3 Å². The second kappa shape index (κ2) is 9.09. The van der Waals surface area contributed by atoms with Crippen LogP contribution in [0, 0.1) is 0 Å². The van der Waals surface area contributed by atoms with Crippen molar-refractivity contribution >= 4 is 5.91 Å². The molecule has 8 nitrogen and oxygen atoms in total. The van der Waals surface area contributed by atoms with Gasteiger partial charge in [0, 0.05) is 82.9 Å². The van der Waals surface area contributed by atoms with E-state index in [0.717, 1.165) is 44.8 Å². The zero-order chi connectivity index (χ0) is 20.2. The Labute approximate surface area is 172 Å². The highest BCUT2D eigenvalue weighted by molar-refractivity contribution is 5.92. The summed E-state index contributed by atoms with van der Waals surface area (Å²) < 4.78 is 4.05. The maximum Gasteiger partial charge on any atom is 0.271 e. The number of nitrogens with one attached hydrogen (secondary N) is 1. The molecule has 1 N–H and O–H groups in total. The number of amides is 1. The number of imidazole rings is 1. The Morgan fingerprint density at radius 1 is 1.28 bits per heavy atom. The fourth-order valence-electron chi connectivity index (χ4n) is 4.41. The van der Waals surface area contributed by atoms with Crippen molar-refractivity contribution in [3.8, 4) is 0 Å². The molecule has 0 radical (unpaired) electrons. The third-order valence-electron chi connectivity index (χ3n) is 6.19. The summed E-state index contributed by atoms with van der Waals surface area (Å²) in [6.07, 6.45) is 8.65. The quantitative estimate of drug-likeness (QED) is 0.710. The van der Waals surface area contributed by atoms with E-state index in [4.69, 9.17) is 0 Å². The average Bonchev–Trinajstić information content (AvgIpc) is 3.45. The summed E-state index contributed by atoms with van der Waals surface area (Å²) in [6, 6.07) is 3.19. The van der Waals surface area contributed by atoms with Crippen molar-refractivity contribution in [3.63, 3.8) is 0 Å². The molecule has 4 heterocycles. The van der Waals surface area contributed by atoms with Crippen LogP contribution in [0.5, 0.6) is 0 Å². The molecule has 0 aromatic carbocycles. The maximum absolute atomic E-state index is 12.5. The maximum atomic E-state index is 12.5. The SMILES string of the molecule is CC(C)N1CCC(N2CCc3nc(C(=O)NCCCn4cccn4)cn3CC2)C1. The van der Waals surface area contributed by atoms with Crippen LogP contribution in [0.2, 0.25) is 0 Å². The highest BCUT2D eigenvalue weighted by Crippen LogP contribution is 2.20. The largest absolute Gasteiger partial charge is 0.351 e. The zero-order valence-corrected chi connectivity index (χ0v) is 17.6. The number of hydrogen-bond acceptors (Lipinski definition) is 5. The lowest BCUT2D eigenvalue weighted by Crippen LogP contribution is -2.40. The molecule has 4 rings (SSSR count). The molecule has 1 unspecified atom stereocenters. The molecule has 0 spiro atoms. The summed E-state index contributed by atoms with van der Waals surface area (Å²) in [5, 5.41) is 7.16. The minimum absolute atomic E-state index is 0.0775. The van der Waals surface area contributed by atoms with E-state index in [1.165, 1.54) is 19.5 Å². The van der Waals surface area contributed by atoms with Gasteiger partial charge in [-0.1, -0.05) is 0 Å². The van der Waals surface area contributed by atoms with E-state index in [1.54, 1.807) is 6.20 Å². The molecule has 1 amide bonds. The summed E-state index contributed by atoms with van der Waals surface area (Å²) in [5.74, 6) is 0.958. The standard InChI is InChI=1S/C21H33N7O/c1-17(2)26-11-5-18(15-26)25-12-6-20-24-19(16-27(20)14-13-25)21(29)22-7-3-9-28-10-4-8-23-28/h4,8,10,16-18H,3,5-7,9,11-15H2,1-2H3,(H,22,29). The van der Waals surface area contributed by atoms with Crippen molar-refractivity contribution in [2.75, 3.05) is 32.7 Å². The van der Waals surface area contributed by atoms with Gasteiger partial charge in [-0.2, -0.15) is 5.10 Å². The van der Waals surface area contributed by atoms with Crippen LogP contribution < -0.4 is 5.32 Å². The van der Waals surface area contributed by atoms with Gasteiger partial charge < -0.3 is 9.88 Å². The Morgan fingerprint density at radius 2 is 2.17 bits per heavy atom. The van der Waals surface area contributed by atoms with Gasteiger partial charge in [0.2, 0.25) is 0 Å². The van der Waals surface area contributed by atoms with Gasteiger partial charge in [0.25, 0.3) is 5.91 Å². The molecule has 2 aliphatic rings. The first kappa shape index (κ1) is 20.1. The van der Waals surface area contributed by atoms with Gasteiger partial charge in [-0.25, -0.2) is 4.98 Å². The van der Waals surface area contributed by atoms with Crippen molar-refractivity contribution < 1.29 is 4.79 Å². The average molecular weight is 400 g/mol. The van der Waals surface area contributed by atoms with Gasteiger partial charge >= 0.3 is 0 Å². The van der Waals surface area contributed by atoms with Crippen LogP contribution in [-0.2, 0) is 19.5 Å². The normalized spacial score (nSPS) is 20.7. The molecule has 8 heteroatoms. The summed E-state index contributed by atoms with van der Waals surface area (Å²) in [6.45, 7) is 11.3. The Balaban J connectivity index is 1.25. The number of hydrogen-bond donors (Lipinski definition) is 1. The van der Waals surface area contributed by atoms with Gasteiger partial charge in [-0.05, 0) is 32.8 Å². The van der Waals surface area contributed by atoms with Crippen LogP contribution in [0.4, 0.5) is 0 Å². The number of aryl methyl sites for hydroxylation is 1. The second-order valence-electron chi connectivity index (χ2n) is 8.43. The number of aromatic nitrogens is 4. The zero-order valence-electron chi connectivity index (χ0n) is 17.6. The van der Waals surface area contributed by atoms with Crippen LogP contribution in [0.1, 0.15) is 43.0 Å². The summed E-state index contributed by atoms with van der Waals surface area (Å²) in [4.78, 5) is 22.3. The van der Waals surface area contributed by atoms with E-state index in [-0.39, 0.29) is 5.91 Å². The summed E-state index contributed by atoms with van der Waals surface area (Å²) in [7, 11) is 0. The smallest absolute Gasteiger partial charge is 0.271 e. The first-order valence-electron chi connectivity index (χ1n) is 10.9. The van der Waals surface area contributed by atoms with Gasteiger partial charge in [0.15, 0.2) is 0 Å². The Bertz CT molecular complexity index is 773. The minimum Gasteiger partial charge on any atom is -0.351 e. The van der Waals surface area contributed by atoms with E-state index in [9.17, 15) is 4.79 Å². The molecule has 1 fully saturated rings. The molecule has 29 heavy (non-hydrogen) atoms. The molecule has 0 aliphatic carbocycles. The predicted octanol–water partition coefficient (Wildman–Crippen LogP) is 1.24. The van der Waals surface area contributed by atoms with Gasteiger partial charge in [0.1, 0.15) is 11.5 Å². The first-order valence-corrected chi connectivity index (χ1v) is 10.9. The molecule has 1 atom stereocenters. The monoisotopic (exact) mass is 399 g/mol.